The van der Waals surface area contributed by atoms with Crippen molar-refractivity contribution >= 4 is 28.9 Å². The van der Waals surface area contributed by atoms with Crippen LogP contribution >= 0.6 is 0 Å². The molecule has 3 aromatic rings. The van der Waals surface area contributed by atoms with E-state index < -0.39 is 0 Å². The average Bonchev–Trinajstić information content (AvgIpc) is 2.85. The molecule has 4 rings (SSSR count). The lowest BCUT2D eigenvalue weighted by molar-refractivity contribution is -0.734. The summed E-state index contributed by atoms with van der Waals surface area (Å²) in [6, 6.07) is 15.8. The monoisotopic (exact) mass is 263 g/mol. The second-order valence-electron chi connectivity index (χ2n) is 5.09. The molecule has 2 aromatic carbocycles. The minimum absolute atomic E-state index is 0.340. The zero-order valence-electron chi connectivity index (χ0n) is 10.9. The molecule has 2 heterocycles. The van der Waals surface area contributed by atoms with E-state index in [1.165, 1.54) is 10.6 Å². The smallest absolute Gasteiger partial charge is 0.178 e. The molecule has 0 amide bonds. The van der Waals surface area contributed by atoms with E-state index in [4.69, 9.17) is 0 Å². The zero-order chi connectivity index (χ0) is 13.5. The summed E-state index contributed by atoms with van der Waals surface area (Å²) in [5.74, 6) is 0.340. The maximum Gasteiger partial charge on any atom is 0.178 e. The zero-order valence-corrected chi connectivity index (χ0v) is 10.9. The molecule has 0 saturated carbocycles. The summed E-state index contributed by atoms with van der Waals surface area (Å²) in [5, 5.41) is 13.6. The summed E-state index contributed by atoms with van der Waals surface area (Å²) in [7, 11) is 0. The number of H-pyrrole nitrogens is 1. The molecule has 1 aliphatic rings. The SMILES string of the molecule is Oc1ccccc1[NH+]1C=c2[nH]c3ccccc3c2=CC1. The van der Waals surface area contributed by atoms with Gasteiger partial charge >= 0.3 is 0 Å². The third-order valence-electron chi connectivity index (χ3n) is 3.87. The summed E-state index contributed by atoms with van der Waals surface area (Å²) in [5.41, 5.74) is 2.07. The molecule has 98 valence electrons. The number of hydrogen-bond acceptors (Lipinski definition) is 1. The van der Waals surface area contributed by atoms with Gasteiger partial charge in [-0.2, -0.15) is 0 Å². The third-order valence-corrected chi connectivity index (χ3v) is 3.87. The van der Waals surface area contributed by atoms with Gasteiger partial charge in [-0.3, -0.25) is 4.90 Å². The van der Waals surface area contributed by atoms with E-state index >= 15 is 0 Å². The Balaban J connectivity index is 1.92. The van der Waals surface area contributed by atoms with Gasteiger partial charge in [0.1, 0.15) is 18.1 Å². The Morgan fingerprint density at radius 3 is 2.70 bits per heavy atom. The Hall–Kier alpha value is -2.52. The fourth-order valence-corrected chi connectivity index (χ4v) is 2.90. The Morgan fingerprint density at radius 2 is 1.80 bits per heavy atom. The van der Waals surface area contributed by atoms with Crippen LogP contribution < -0.4 is 15.5 Å². The van der Waals surface area contributed by atoms with Crippen molar-refractivity contribution < 1.29 is 10.0 Å². The van der Waals surface area contributed by atoms with Crippen molar-refractivity contribution in [2.45, 2.75) is 0 Å². The highest BCUT2D eigenvalue weighted by molar-refractivity contribution is 5.81. The van der Waals surface area contributed by atoms with Gasteiger partial charge in [0.25, 0.3) is 0 Å². The van der Waals surface area contributed by atoms with Crippen LogP contribution in [0.2, 0.25) is 0 Å². The van der Waals surface area contributed by atoms with Crippen LogP contribution in [-0.2, 0) is 0 Å². The molecule has 1 atom stereocenters. The molecule has 0 radical (unpaired) electrons. The Kier molecular flexibility index (Phi) is 2.41. The average molecular weight is 263 g/mol. The fourth-order valence-electron chi connectivity index (χ4n) is 2.90. The Labute approximate surface area is 116 Å². The van der Waals surface area contributed by atoms with Crippen LogP contribution in [0.4, 0.5) is 5.69 Å². The third kappa shape index (κ3) is 1.64. The normalized spacial score (nSPS) is 17.3. The van der Waals surface area contributed by atoms with Gasteiger partial charge in [0.15, 0.2) is 11.4 Å². The lowest BCUT2D eigenvalue weighted by atomic mass is 10.2. The van der Waals surface area contributed by atoms with E-state index in [9.17, 15) is 5.11 Å². The first-order valence-electron chi connectivity index (χ1n) is 6.76. The van der Waals surface area contributed by atoms with Gasteiger partial charge in [-0.25, -0.2) is 0 Å². The number of para-hydroxylation sites is 3. The topological polar surface area (TPSA) is 40.5 Å². The van der Waals surface area contributed by atoms with E-state index in [-0.39, 0.29) is 0 Å². The quantitative estimate of drug-likeness (QED) is 0.554. The molecule has 0 fully saturated rings. The number of aromatic hydroxyl groups is 1. The molecular weight excluding hydrogens is 248 g/mol. The first kappa shape index (κ1) is 11.3. The van der Waals surface area contributed by atoms with Crippen molar-refractivity contribution in [3.8, 4) is 5.75 Å². The number of phenols is 1. The summed E-state index contributed by atoms with van der Waals surface area (Å²) in [4.78, 5) is 4.59. The highest BCUT2D eigenvalue weighted by atomic mass is 16.3. The number of aromatic nitrogens is 1. The summed E-state index contributed by atoms with van der Waals surface area (Å²) < 4.78 is 0. The molecule has 3 N–H and O–H groups in total. The van der Waals surface area contributed by atoms with Crippen LogP contribution in [0.15, 0.2) is 48.5 Å². The molecule has 0 saturated heterocycles. The van der Waals surface area contributed by atoms with Crippen LogP contribution in [0.25, 0.3) is 23.2 Å². The summed E-state index contributed by atoms with van der Waals surface area (Å²) >= 11 is 0. The second kappa shape index (κ2) is 4.25. The number of hydrogen-bond donors (Lipinski definition) is 3. The number of nitrogens with one attached hydrogen (secondary N) is 2. The number of quaternary nitrogens is 1. The Bertz CT molecular complexity index is 908. The van der Waals surface area contributed by atoms with Crippen molar-refractivity contribution in [3.63, 3.8) is 0 Å². The second-order valence-corrected chi connectivity index (χ2v) is 5.09. The number of rotatable bonds is 1. The molecule has 20 heavy (non-hydrogen) atoms. The number of fused-ring (bicyclic) bond motifs is 3. The van der Waals surface area contributed by atoms with Gasteiger partial charge in [0.05, 0.1) is 0 Å². The van der Waals surface area contributed by atoms with Gasteiger partial charge in [-0.1, -0.05) is 30.3 Å². The van der Waals surface area contributed by atoms with Gasteiger partial charge in [0, 0.05) is 22.2 Å². The molecule has 3 heteroatoms. The van der Waals surface area contributed by atoms with Crippen LogP contribution in [0.3, 0.4) is 0 Å². The first-order valence-corrected chi connectivity index (χ1v) is 6.76. The molecule has 1 aliphatic heterocycles. The molecule has 0 spiro atoms. The van der Waals surface area contributed by atoms with E-state index in [2.05, 4.69) is 35.5 Å². The Morgan fingerprint density at radius 1 is 1.00 bits per heavy atom. The summed E-state index contributed by atoms with van der Waals surface area (Å²) in [6.45, 7) is 0.840. The van der Waals surface area contributed by atoms with Gasteiger partial charge in [-0.15, -0.1) is 0 Å². The molecule has 1 aromatic heterocycles. The van der Waals surface area contributed by atoms with Crippen LogP contribution in [0.5, 0.6) is 5.75 Å². The maximum atomic E-state index is 9.99. The fraction of sp³-hybridized carbons (Fsp3) is 0.0588. The summed E-state index contributed by atoms with van der Waals surface area (Å²) in [6.07, 6.45) is 4.38. The van der Waals surface area contributed by atoms with E-state index in [1.54, 1.807) is 6.07 Å². The van der Waals surface area contributed by atoms with Crippen LogP contribution in [0.1, 0.15) is 0 Å². The van der Waals surface area contributed by atoms with Gasteiger partial charge in [-0.05, 0) is 18.2 Å². The lowest BCUT2D eigenvalue weighted by Crippen LogP contribution is -3.03. The molecule has 0 aliphatic carbocycles. The van der Waals surface area contributed by atoms with Gasteiger partial charge < -0.3 is 10.1 Å². The van der Waals surface area contributed by atoms with Gasteiger partial charge in [0.2, 0.25) is 0 Å². The van der Waals surface area contributed by atoms with Crippen molar-refractivity contribution in [1.82, 2.24) is 4.98 Å². The minimum atomic E-state index is 0.340. The standard InChI is InChI=1S/C17H14N2O/c20-17-8-4-3-7-16(17)19-10-9-13-12-5-1-2-6-14(12)18-15(13)11-19/h1-9,11,18,20H,10H2/p+1. The van der Waals surface area contributed by atoms with Crippen LogP contribution in [-0.4, -0.2) is 16.6 Å². The highest BCUT2D eigenvalue weighted by Gasteiger charge is 2.16. The first-order chi connectivity index (χ1) is 9.83. The highest BCUT2D eigenvalue weighted by Crippen LogP contribution is 2.17. The van der Waals surface area contributed by atoms with Crippen molar-refractivity contribution in [1.29, 1.82) is 0 Å². The van der Waals surface area contributed by atoms with E-state index in [0.717, 1.165) is 28.0 Å². The van der Waals surface area contributed by atoms with Crippen molar-refractivity contribution in [2.75, 3.05) is 6.54 Å². The van der Waals surface area contributed by atoms with Crippen LogP contribution in [0, 0.1) is 0 Å². The molecule has 3 nitrogen and oxygen atoms in total. The minimum Gasteiger partial charge on any atom is -0.503 e. The van der Waals surface area contributed by atoms with E-state index in [0.29, 0.717) is 5.75 Å². The predicted octanol–water partition coefficient (Wildman–Crippen LogP) is 0.622. The van der Waals surface area contributed by atoms with Crippen molar-refractivity contribution in [3.05, 3.63) is 59.1 Å². The molecule has 0 bridgehead atoms. The molecular formula is C17H15N2O+. The maximum absolute atomic E-state index is 9.99. The number of aromatic amines is 1. The van der Waals surface area contributed by atoms with Crippen molar-refractivity contribution in [2.24, 2.45) is 0 Å². The van der Waals surface area contributed by atoms with E-state index in [1.807, 2.05) is 24.3 Å². The largest absolute Gasteiger partial charge is 0.503 e. The lowest BCUT2D eigenvalue weighted by Gasteiger charge is -2.15. The number of benzene rings is 2. The number of phenolic OH excluding ortho intramolecular Hbond substituents is 1. The molecule has 1 unspecified atom stereocenters. The predicted molar refractivity (Wildman–Crippen MR) is 80.1 cm³/mol.